The van der Waals surface area contributed by atoms with Crippen molar-refractivity contribution in [1.82, 2.24) is 0 Å². The van der Waals surface area contributed by atoms with Gasteiger partial charge in [0.2, 0.25) is 5.91 Å². The van der Waals surface area contributed by atoms with Crippen molar-refractivity contribution in [3.8, 4) is 5.75 Å². The van der Waals surface area contributed by atoms with Crippen molar-refractivity contribution in [2.24, 2.45) is 11.7 Å². The highest BCUT2D eigenvalue weighted by Crippen LogP contribution is 2.31. The lowest BCUT2D eigenvalue weighted by Crippen LogP contribution is -2.40. The summed E-state index contributed by atoms with van der Waals surface area (Å²) in [5.74, 6) is -0.224. The van der Waals surface area contributed by atoms with Crippen molar-refractivity contribution in [3.63, 3.8) is 0 Å². The van der Waals surface area contributed by atoms with Gasteiger partial charge in [-0.05, 0) is 30.5 Å². The number of hydrogen-bond acceptors (Lipinski definition) is 3. The Balaban J connectivity index is 2.88. The van der Waals surface area contributed by atoms with E-state index in [1.54, 1.807) is 13.0 Å². The second kappa shape index (κ2) is 6.07. The van der Waals surface area contributed by atoms with Crippen LogP contribution in [0.3, 0.4) is 0 Å². The number of phenolic OH excluding ortho intramolecular Hbond substituents is 1. The van der Waals surface area contributed by atoms with E-state index < -0.39 is 6.04 Å². The molecule has 0 aromatic heterocycles. The van der Waals surface area contributed by atoms with Gasteiger partial charge in [0.15, 0.2) is 0 Å². The summed E-state index contributed by atoms with van der Waals surface area (Å²) in [5.41, 5.74) is 6.72. The third-order valence-electron chi connectivity index (χ3n) is 3.08. The number of aromatic hydroxyl groups is 1. The Bertz CT molecular complexity index is 449. The molecule has 5 heteroatoms. The minimum Gasteiger partial charge on any atom is -0.505 e. The van der Waals surface area contributed by atoms with Crippen LogP contribution in [0.2, 0.25) is 5.02 Å². The van der Waals surface area contributed by atoms with Gasteiger partial charge in [-0.3, -0.25) is 4.79 Å². The molecule has 0 saturated carbocycles. The van der Waals surface area contributed by atoms with Crippen LogP contribution in [0.5, 0.6) is 5.75 Å². The van der Waals surface area contributed by atoms with Gasteiger partial charge in [0, 0.05) is 5.02 Å². The molecule has 0 heterocycles. The zero-order valence-corrected chi connectivity index (χ0v) is 11.6. The van der Waals surface area contributed by atoms with E-state index in [4.69, 9.17) is 17.3 Å². The molecule has 1 aromatic carbocycles. The average Bonchev–Trinajstić information content (AvgIpc) is 2.33. The highest BCUT2D eigenvalue weighted by atomic mass is 35.5. The first-order valence-electron chi connectivity index (χ1n) is 5.92. The Morgan fingerprint density at radius 1 is 1.56 bits per heavy atom. The van der Waals surface area contributed by atoms with Gasteiger partial charge >= 0.3 is 0 Å². The lowest BCUT2D eigenvalue weighted by atomic mass is 9.99. The fraction of sp³-hybridized carbons (Fsp3) is 0.462. The molecule has 0 saturated heterocycles. The molecule has 0 spiro atoms. The summed E-state index contributed by atoms with van der Waals surface area (Å²) in [7, 11) is 0. The van der Waals surface area contributed by atoms with Gasteiger partial charge < -0.3 is 16.2 Å². The van der Waals surface area contributed by atoms with E-state index in [0.717, 1.165) is 6.42 Å². The third-order valence-corrected chi connectivity index (χ3v) is 3.30. The number of carbonyl (C=O) groups is 1. The van der Waals surface area contributed by atoms with Crippen LogP contribution in [0.1, 0.15) is 25.8 Å². The summed E-state index contributed by atoms with van der Waals surface area (Å²) < 4.78 is 0. The van der Waals surface area contributed by atoms with E-state index >= 15 is 0 Å². The summed E-state index contributed by atoms with van der Waals surface area (Å²) in [6, 6.07) is 2.53. The van der Waals surface area contributed by atoms with E-state index in [-0.39, 0.29) is 17.6 Å². The molecular formula is C13H19ClN2O2. The Morgan fingerprint density at radius 2 is 2.17 bits per heavy atom. The van der Waals surface area contributed by atoms with Crippen molar-refractivity contribution in [2.45, 2.75) is 33.2 Å². The lowest BCUT2D eigenvalue weighted by molar-refractivity contribution is -0.118. The van der Waals surface area contributed by atoms with Gasteiger partial charge in [-0.2, -0.15) is 0 Å². The summed E-state index contributed by atoms with van der Waals surface area (Å²) in [4.78, 5) is 11.9. The molecule has 0 aliphatic rings. The minimum atomic E-state index is -0.603. The number of benzene rings is 1. The van der Waals surface area contributed by atoms with Crippen molar-refractivity contribution >= 4 is 23.2 Å². The first-order chi connectivity index (χ1) is 8.36. The quantitative estimate of drug-likeness (QED) is 0.736. The van der Waals surface area contributed by atoms with Gasteiger partial charge in [-0.15, -0.1) is 0 Å². The number of phenols is 1. The van der Waals surface area contributed by atoms with E-state index in [9.17, 15) is 9.90 Å². The fourth-order valence-electron chi connectivity index (χ4n) is 1.56. The highest BCUT2D eigenvalue weighted by molar-refractivity contribution is 6.31. The van der Waals surface area contributed by atoms with E-state index in [1.165, 1.54) is 6.07 Å². The molecule has 0 bridgehead atoms. The predicted molar refractivity (Wildman–Crippen MR) is 73.9 cm³/mol. The zero-order chi connectivity index (χ0) is 13.9. The molecule has 1 aromatic rings. The molecule has 2 atom stereocenters. The van der Waals surface area contributed by atoms with Crippen LogP contribution < -0.4 is 11.1 Å². The number of carbonyl (C=O) groups excluding carboxylic acids is 1. The van der Waals surface area contributed by atoms with Gasteiger partial charge in [0.05, 0.1) is 11.7 Å². The second-order valence-electron chi connectivity index (χ2n) is 4.52. The lowest BCUT2D eigenvalue weighted by Gasteiger charge is -2.18. The largest absolute Gasteiger partial charge is 0.505 e. The Morgan fingerprint density at radius 3 is 2.72 bits per heavy atom. The van der Waals surface area contributed by atoms with E-state index in [2.05, 4.69) is 5.32 Å². The molecular weight excluding hydrogens is 252 g/mol. The Labute approximate surface area is 112 Å². The zero-order valence-electron chi connectivity index (χ0n) is 10.8. The molecule has 0 fully saturated rings. The summed E-state index contributed by atoms with van der Waals surface area (Å²) in [6.07, 6.45) is 0.815. The summed E-state index contributed by atoms with van der Waals surface area (Å²) in [6.45, 7) is 5.59. The van der Waals surface area contributed by atoms with Crippen LogP contribution in [0.25, 0.3) is 0 Å². The molecule has 100 valence electrons. The Kier molecular flexibility index (Phi) is 4.99. The maximum Gasteiger partial charge on any atom is 0.241 e. The molecule has 0 radical (unpaired) electrons. The summed E-state index contributed by atoms with van der Waals surface area (Å²) >= 11 is 5.88. The van der Waals surface area contributed by atoms with Gasteiger partial charge in [-0.1, -0.05) is 31.9 Å². The number of nitrogens with one attached hydrogen (secondary N) is 1. The normalized spacial score (nSPS) is 14.1. The first-order valence-corrected chi connectivity index (χ1v) is 6.30. The van der Waals surface area contributed by atoms with Crippen LogP contribution in [0.4, 0.5) is 5.69 Å². The van der Waals surface area contributed by atoms with Crippen LogP contribution in [-0.4, -0.2) is 17.1 Å². The Hall–Kier alpha value is -1.26. The van der Waals surface area contributed by atoms with Crippen molar-refractivity contribution in [1.29, 1.82) is 0 Å². The molecule has 18 heavy (non-hydrogen) atoms. The maximum atomic E-state index is 11.9. The summed E-state index contributed by atoms with van der Waals surface area (Å²) in [5, 5.41) is 12.9. The number of aryl methyl sites for hydroxylation is 1. The van der Waals surface area contributed by atoms with Gasteiger partial charge in [0.1, 0.15) is 5.75 Å². The monoisotopic (exact) mass is 270 g/mol. The first kappa shape index (κ1) is 14.8. The highest BCUT2D eigenvalue weighted by Gasteiger charge is 2.20. The van der Waals surface area contributed by atoms with Crippen LogP contribution in [0.15, 0.2) is 12.1 Å². The SMILES string of the molecule is CCC(C)C(N)C(=O)Nc1cc(Cl)cc(C)c1O. The minimum absolute atomic E-state index is 0.0177. The number of halogens is 1. The predicted octanol–water partition coefficient (Wildman–Crippen LogP) is 2.67. The number of amides is 1. The molecule has 1 amide bonds. The molecule has 2 unspecified atom stereocenters. The van der Waals surface area contributed by atoms with Crippen LogP contribution in [-0.2, 0) is 4.79 Å². The number of nitrogens with two attached hydrogens (primary N) is 1. The molecule has 0 aliphatic heterocycles. The van der Waals surface area contributed by atoms with Gasteiger partial charge in [-0.25, -0.2) is 0 Å². The molecule has 0 aliphatic carbocycles. The van der Waals surface area contributed by atoms with E-state index in [1.807, 2.05) is 13.8 Å². The topological polar surface area (TPSA) is 75.4 Å². The van der Waals surface area contributed by atoms with Crippen molar-refractivity contribution in [3.05, 3.63) is 22.7 Å². The van der Waals surface area contributed by atoms with Gasteiger partial charge in [0.25, 0.3) is 0 Å². The molecule has 4 nitrogen and oxygen atoms in total. The maximum absolute atomic E-state index is 11.9. The second-order valence-corrected chi connectivity index (χ2v) is 4.96. The smallest absolute Gasteiger partial charge is 0.241 e. The van der Waals surface area contributed by atoms with E-state index in [0.29, 0.717) is 16.3 Å². The van der Waals surface area contributed by atoms with Crippen molar-refractivity contribution < 1.29 is 9.90 Å². The fourth-order valence-corrected chi connectivity index (χ4v) is 1.83. The number of rotatable bonds is 4. The third kappa shape index (κ3) is 3.37. The van der Waals surface area contributed by atoms with Crippen molar-refractivity contribution in [2.75, 3.05) is 5.32 Å². The number of anilines is 1. The molecule has 1 rings (SSSR count). The number of hydrogen-bond donors (Lipinski definition) is 3. The van der Waals surface area contributed by atoms with Crippen LogP contribution in [0, 0.1) is 12.8 Å². The average molecular weight is 271 g/mol. The standard InChI is InChI=1S/C13H19ClN2O2/c1-4-7(2)11(15)13(18)16-10-6-9(14)5-8(3)12(10)17/h5-7,11,17H,4,15H2,1-3H3,(H,16,18). The van der Waals surface area contributed by atoms with Crippen LogP contribution >= 0.6 is 11.6 Å². The molecule has 4 N–H and O–H groups in total.